The maximum atomic E-state index is 12.5. The molecule has 0 aliphatic heterocycles. The third-order valence-electron chi connectivity index (χ3n) is 3.82. The molecule has 1 atom stereocenters. The Bertz CT molecular complexity index is 448. The molecule has 7 heteroatoms. The van der Waals surface area contributed by atoms with Gasteiger partial charge in [-0.3, -0.25) is 14.4 Å². The fourth-order valence-electron chi connectivity index (χ4n) is 2.51. The quantitative estimate of drug-likeness (QED) is 0.503. The van der Waals surface area contributed by atoms with E-state index < -0.39 is 28.7 Å². The molecule has 0 rings (SSSR count). The number of carboxylic acids is 1. The summed E-state index contributed by atoms with van der Waals surface area (Å²) in [4.78, 5) is 37.4. The van der Waals surface area contributed by atoms with Gasteiger partial charge >= 0.3 is 17.9 Å². The second-order valence-electron chi connectivity index (χ2n) is 7.17. The van der Waals surface area contributed by atoms with Crippen LogP contribution >= 0.6 is 0 Å². The molecular weight excluding hydrogens is 362 g/mol. The first-order valence-electron chi connectivity index (χ1n) is 8.15. The zero-order valence-corrected chi connectivity index (χ0v) is 15.7. The lowest BCUT2D eigenvalue weighted by Crippen LogP contribution is -2.40. The van der Waals surface area contributed by atoms with Crippen molar-refractivity contribution in [1.82, 2.24) is 4.90 Å². The summed E-state index contributed by atoms with van der Waals surface area (Å²) in [6.07, 6.45) is 0.0943. The van der Waals surface area contributed by atoms with Crippen molar-refractivity contribution >= 4 is 17.9 Å². The molecule has 0 saturated heterocycles. The second-order valence-corrected chi connectivity index (χ2v) is 7.17. The molecule has 0 aromatic heterocycles. The van der Waals surface area contributed by atoms with E-state index in [2.05, 4.69) is 0 Å². The Hall–Kier alpha value is -1.63. The number of ether oxygens (including phenoxy) is 2. The summed E-state index contributed by atoms with van der Waals surface area (Å²) in [5, 5.41) is 8.95. The van der Waals surface area contributed by atoms with Gasteiger partial charge in [0.1, 0.15) is 6.61 Å². The van der Waals surface area contributed by atoms with Crippen LogP contribution in [0.5, 0.6) is 0 Å². The molecule has 0 saturated carbocycles. The largest absolute Gasteiger partial charge is 0.481 e. The summed E-state index contributed by atoms with van der Waals surface area (Å²) in [6.45, 7) is 7.79. The third kappa shape index (κ3) is 13.5. The fourth-order valence-corrected chi connectivity index (χ4v) is 2.51. The lowest BCUT2D eigenvalue weighted by molar-refractivity contribution is -0.163. The van der Waals surface area contributed by atoms with Crippen LogP contribution in [0.3, 0.4) is 0 Å². The zero-order chi connectivity index (χ0) is 19.0. The van der Waals surface area contributed by atoms with Gasteiger partial charge in [0.15, 0.2) is 0 Å². The van der Waals surface area contributed by atoms with Gasteiger partial charge in [0.05, 0.1) is 17.4 Å². The number of aliphatic carboxylic acids is 1. The van der Waals surface area contributed by atoms with Crippen LogP contribution < -0.4 is 0 Å². The van der Waals surface area contributed by atoms with Crippen LogP contribution in [0.1, 0.15) is 76.7 Å². The van der Waals surface area contributed by atoms with Crippen LogP contribution in [-0.2, 0) is 23.9 Å². The lowest BCUT2D eigenvalue weighted by atomic mass is 9.71. The maximum Gasteiger partial charge on any atom is 0.311 e. The number of carbonyl (C=O) groups is 3. The Morgan fingerprint density at radius 3 is 1.82 bits per heavy atom. The van der Waals surface area contributed by atoms with Crippen LogP contribution in [0, 0.1) is 10.8 Å². The van der Waals surface area contributed by atoms with E-state index in [1.807, 2.05) is 19.0 Å². The summed E-state index contributed by atoms with van der Waals surface area (Å²) in [7, 11) is 3.72. The van der Waals surface area contributed by atoms with Crippen molar-refractivity contribution in [3.63, 3.8) is 0 Å². The highest BCUT2D eigenvalue weighted by Gasteiger charge is 2.44. The predicted molar refractivity (Wildman–Crippen MR) is 116 cm³/mol. The minimum atomic E-state index is -1.07. The van der Waals surface area contributed by atoms with Crippen molar-refractivity contribution in [1.29, 1.82) is 0 Å². The molecule has 0 fully saturated rings. The summed E-state index contributed by atoms with van der Waals surface area (Å²) in [6, 6.07) is 0. The van der Waals surface area contributed by atoms with Gasteiger partial charge in [-0.05, 0) is 54.6 Å². The highest BCUT2D eigenvalue weighted by molar-refractivity contribution is 5.81. The molecule has 28 heavy (non-hydrogen) atoms. The molecule has 0 amide bonds. The number of carbonyl (C=O) groups excluding carboxylic acids is 2. The summed E-state index contributed by atoms with van der Waals surface area (Å²) >= 11 is 0. The predicted octanol–water partition coefficient (Wildman–Crippen LogP) is 4.49. The summed E-state index contributed by atoms with van der Waals surface area (Å²) < 4.78 is 10.4. The molecule has 7 nitrogen and oxygen atoms in total. The van der Waals surface area contributed by atoms with E-state index in [1.54, 1.807) is 27.7 Å². The van der Waals surface area contributed by atoms with Gasteiger partial charge in [-0.2, -0.15) is 0 Å². The molecule has 0 aliphatic carbocycles. The Labute approximate surface area is 173 Å². The molecule has 1 unspecified atom stereocenters. The molecule has 0 bridgehead atoms. The van der Waals surface area contributed by atoms with Crippen LogP contribution in [-0.4, -0.2) is 61.8 Å². The molecule has 1 N–H and O–H groups in total. The number of hydrogen-bond acceptors (Lipinski definition) is 6. The molecule has 0 aromatic carbocycles. The van der Waals surface area contributed by atoms with Gasteiger partial charge < -0.3 is 19.5 Å². The smallest absolute Gasteiger partial charge is 0.311 e. The number of nitrogens with zero attached hydrogens (tertiary/aromatic N) is 1. The van der Waals surface area contributed by atoms with Gasteiger partial charge in [-0.15, -0.1) is 0 Å². The van der Waals surface area contributed by atoms with Crippen LogP contribution in [0.4, 0.5) is 0 Å². The van der Waals surface area contributed by atoms with Crippen molar-refractivity contribution in [2.75, 3.05) is 33.9 Å². The SMILES string of the molecule is C.C.C.C.CCOC(=O)C(C)(C)CC(C)(CCC(=O)O)C(=O)OCCN(C)C. The summed E-state index contributed by atoms with van der Waals surface area (Å²) in [5.74, 6) is -1.88. The van der Waals surface area contributed by atoms with E-state index in [1.165, 1.54) is 0 Å². The third-order valence-corrected chi connectivity index (χ3v) is 3.82. The van der Waals surface area contributed by atoms with Crippen molar-refractivity contribution in [3.8, 4) is 0 Å². The number of esters is 2. The number of likely N-dealkylation sites (N-methyl/N-ethyl adjacent to an activating group) is 1. The average molecular weight is 410 g/mol. The van der Waals surface area contributed by atoms with E-state index in [4.69, 9.17) is 14.6 Å². The number of rotatable bonds is 11. The molecule has 0 heterocycles. The van der Waals surface area contributed by atoms with E-state index in [9.17, 15) is 14.4 Å². The number of carboxylic acid groups (broad SMARTS) is 1. The first kappa shape index (κ1) is 37.2. The lowest BCUT2D eigenvalue weighted by Gasteiger charge is -2.34. The monoisotopic (exact) mass is 409 g/mol. The first-order chi connectivity index (χ1) is 10.9. The second kappa shape index (κ2) is 16.3. The summed E-state index contributed by atoms with van der Waals surface area (Å²) in [5.41, 5.74) is -1.98. The van der Waals surface area contributed by atoms with Gasteiger partial charge in [0.25, 0.3) is 0 Å². The van der Waals surface area contributed by atoms with Gasteiger partial charge in [-0.25, -0.2) is 0 Å². The molecule has 0 aliphatic rings. The maximum absolute atomic E-state index is 12.5. The molecule has 0 radical (unpaired) electrons. The van der Waals surface area contributed by atoms with E-state index in [-0.39, 0.29) is 62.2 Å². The topological polar surface area (TPSA) is 93.1 Å². The normalized spacial score (nSPS) is 12.1. The minimum absolute atomic E-state index is 0. The highest BCUT2D eigenvalue weighted by atomic mass is 16.5. The van der Waals surface area contributed by atoms with Crippen molar-refractivity contribution in [3.05, 3.63) is 0 Å². The van der Waals surface area contributed by atoms with Crippen LogP contribution in [0.15, 0.2) is 0 Å². The molecule has 0 aromatic rings. The Balaban J connectivity index is -0.000000441. The van der Waals surface area contributed by atoms with Crippen molar-refractivity contribution < 1.29 is 29.0 Å². The Kier molecular flexibility index (Phi) is 21.7. The number of hydrogen-bond donors (Lipinski definition) is 1. The van der Waals surface area contributed by atoms with Crippen LogP contribution in [0.2, 0.25) is 0 Å². The molecule has 0 spiro atoms. The first-order valence-corrected chi connectivity index (χ1v) is 8.15. The Morgan fingerprint density at radius 2 is 1.43 bits per heavy atom. The highest BCUT2D eigenvalue weighted by Crippen LogP contribution is 2.39. The van der Waals surface area contributed by atoms with Gasteiger partial charge in [-0.1, -0.05) is 29.7 Å². The average Bonchev–Trinajstić information content (AvgIpc) is 2.44. The van der Waals surface area contributed by atoms with Gasteiger partial charge in [0.2, 0.25) is 0 Å². The minimum Gasteiger partial charge on any atom is -0.481 e. The van der Waals surface area contributed by atoms with E-state index in [0.29, 0.717) is 6.54 Å². The van der Waals surface area contributed by atoms with Crippen molar-refractivity contribution in [2.45, 2.75) is 76.7 Å². The standard InChI is InChI=1S/C17H31NO6.4CH4/c1-7-23-14(21)16(2,3)12-17(4,9-8-13(19)20)15(22)24-11-10-18(5)6;;;;/h7-12H2,1-6H3,(H,19,20);4*1H4. The van der Waals surface area contributed by atoms with E-state index in [0.717, 1.165) is 0 Å². The van der Waals surface area contributed by atoms with Crippen LogP contribution in [0.25, 0.3) is 0 Å². The zero-order valence-electron chi connectivity index (χ0n) is 15.7. The Morgan fingerprint density at radius 1 is 0.929 bits per heavy atom. The molecule has 172 valence electrons. The van der Waals surface area contributed by atoms with Crippen molar-refractivity contribution in [2.24, 2.45) is 10.8 Å². The fraction of sp³-hybridized carbons (Fsp3) is 0.857. The van der Waals surface area contributed by atoms with Gasteiger partial charge in [0, 0.05) is 13.0 Å². The van der Waals surface area contributed by atoms with E-state index >= 15 is 0 Å². The molecular formula is C21H47NO6.